The van der Waals surface area contributed by atoms with E-state index in [1.54, 1.807) is 19.9 Å². The van der Waals surface area contributed by atoms with Gasteiger partial charge in [0.2, 0.25) is 0 Å². The van der Waals surface area contributed by atoms with Gasteiger partial charge in [-0.2, -0.15) is 0 Å². The molecule has 1 aromatic heterocycles. The Morgan fingerprint density at radius 3 is 2.79 bits per heavy atom. The van der Waals surface area contributed by atoms with Gasteiger partial charge in [0.1, 0.15) is 6.10 Å². The fraction of sp³-hybridized carbons (Fsp3) is 0.214. The summed E-state index contributed by atoms with van der Waals surface area (Å²) in [7, 11) is 0. The Hall–Kier alpha value is -2.43. The molecule has 1 aromatic rings. The number of carbonyl (C=O) groups is 2. The zero-order valence-electron chi connectivity index (χ0n) is 10.9. The molecule has 1 rings (SSSR count). The van der Waals surface area contributed by atoms with Crippen LogP contribution in [0.25, 0.3) is 0 Å². The first kappa shape index (κ1) is 14.6. The molecule has 5 nitrogen and oxygen atoms in total. The van der Waals surface area contributed by atoms with Crippen LogP contribution in [0.15, 0.2) is 46.5 Å². The molecule has 1 atom stereocenters. The second kappa shape index (κ2) is 6.49. The number of aliphatic imine (C=N–C) groups is 1. The van der Waals surface area contributed by atoms with Crippen LogP contribution in [0.1, 0.15) is 31.3 Å². The highest BCUT2D eigenvalue weighted by Crippen LogP contribution is 2.21. The summed E-state index contributed by atoms with van der Waals surface area (Å²) < 4.78 is 10.2. The predicted molar refractivity (Wildman–Crippen MR) is 70.8 cm³/mol. The van der Waals surface area contributed by atoms with Crippen molar-refractivity contribution in [1.29, 1.82) is 0 Å². The number of nitrogens with zero attached hydrogens (tertiary/aromatic N) is 1. The molecular formula is C14H15NO4. The molecule has 1 unspecified atom stereocenters. The number of carbonyl (C=O) groups excluding carboxylic acids is 2. The zero-order valence-corrected chi connectivity index (χ0v) is 10.9. The number of hydrogen-bond acceptors (Lipinski definition) is 4. The molecule has 0 aromatic carbocycles. The standard InChI is InChI=1S/C14H15NO4/c1-5-13(16)19-10(4)11-6-7-18-12(11)8-15-14(17)9(2)3/h5-8,10H,1-2H2,3-4H3. The van der Waals surface area contributed by atoms with Crippen molar-refractivity contribution >= 4 is 18.1 Å². The van der Waals surface area contributed by atoms with Crippen molar-refractivity contribution < 1.29 is 18.7 Å². The molecule has 0 aliphatic heterocycles. The molecule has 100 valence electrons. The summed E-state index contributed by atoms with van der Waals surface area (Å²) >= 11 is 0. The molecule has 5 heteroatoms. The van der Waals surface area contributed by atoms with E-state index in [1.165, 1.54) is 12.5 Å². The first-order valence-corrected chi connectivity index (χ1v) is 5.60. The van der Waals surface area contributed by atoms with Gasteiger partial charge in [-0.3, -0.25) is 4.79 Å². The molecule has 0 bridgehead atoms. The SMILES string of the molecule is C=CC(=O)OC(C)c1ccoc1C=NC(=O)C(=C)C. The van der Waals surface area contributed by atoms with Crippen molar-refractivity contribution in [2.24, 2.45) is 4.99 Å². The second-order valence-electron chi connectivity index (χ2n) is 3.87. The summed E-state index contributed by atoms with van der Waals surface area (Å²) in [6, 6.07) is 1.65. The lowest BCUT2D eigenvalue weighted by Crippen LogP contribution is -2.07. The maximum absolute atomic E-state index is 11.3. The lowest BCUT2D eigenvalue weighted by molar-refractivity contribution is -0.142. The van der Waals surface area contributed by atoms with Crippen molar-refractivity contribution in [3.05, 3.63) is 48.5 Å². The third kappa shape index (κ3) is 4.06. The van der Waals surface area contributed by atoms with E-state index in [4.69, 9.17) is 9.15 Å². The van der Waals surface area contributed by atoms with Gasteiger partial charge in [-0.15, -0.1) is 0 Å². The maximum Gasteiger partial charge on any atom is 0.330 e. The summed E-state index contributed by atoms with van der Waals surface area (Å²) in [6.45, 7) is 10.1. The van der Waals surface area contributed by atoms with E-state index < -0.39 is 18.0 Å². The van der Waals surface area contributed by atoms with Gasteiger partial charge in [0.05, 0.1) is 12.5 Å². The van der Waals surface area contributed by atoms with Crippen LogP contribution in [-0.4, -0.2) is 18.1 Å². The third-order valence-corrected chi connectivity index (χ3v) is 2.29. The monoisotopic (exact) mass is 261 g/mol. The Balaban J connectivity index is 2.85. The molecule has 1 amide bonds. The number of ether oxygens (including phenoxy) is 1. The zero-order chi connectivity index (χ0) is 14.4. The first-order valence-electron chi connectivity index (χ1n) is 5.60. The van der Waals surface area contributed by atoms with Crippen LogP contribution in [0.5, 0.6) is 0 Å². The first-order chi connectivity index (χ1) is 8.95. The molecular weight excluding hydrogens is 246 g/mol. The average molecular weight is 261 g/mol. The van der Waals surface area contributed by atoms with Gasteiger partial charge in [-0.05, 0) is 19.9 Å². The van der Waals surface area contributed by atoms with E-state index >= 15 is 0 Å². The summed E-state index contributed by atoms with van der Waals surface area (Å²) in [5.41, 5.74) is 0.948. The molecule has 0 aliphatic carbocycles. The van der Waals surface area contributed by atoms with Crippen molar-refractivity contribution in [1.82, 2.24) is 0 Å². The smallest absolute Gasteiger partial charge is 0.330 e. The van der Waals surface area contributed by atoms with Gasteiger partial charge >= 0.3 is 5.97 Å². The van der Waals surface area contributed by atoms with Crippen LogP contribution in [0.4, 0.5) is 0 Å². The quantitative estimate of drug-likeness (QED) is 0.464. The van der Waals surface area contributed by atoms with Crippen molar-refractivity contribution in [2.45, 2.75) is 20.0 Å². The molecule has 1 heterocycles. The van der Waals surface area contributed by atoms with Crippen LogP contribution >= 0.6 is 0 Å². The average Bonchev–Trinajstić information content (AvgIpc) is 2.83. The van der Waals surface area contributed by atoms with Crippen LogP contribution in [0.2, 0.25) is 0 Å². The van der Waals surface area contributed by atoms with Crippen LogP contribution in [0, 0.1) is 0 Å². The Kier molecular flexibility index (Phi) is 5.00. The highest BCUT2D eigenvalue weighted by atomic mass is 16.5. The van der Waals surface area contributed by atoms with Crippen LogP contribution in [0.3, 0.4) is 0 Å². The normalized spacial score (nSPS) is 12.1. The Morgan fingerprint density at radius 2 is 2.21 bits per heavy atom. The number of rotatable bonds is 5. The van der Waals surface area contributed by atoms with E-state index in [1.807, 2.05) is 0 Å². The van der Waals surface area contributed by atoms with Gasteiger partial charge in [0.25, 0.3) is 5.91 Å². The number of hydrogen-bond donors (Lipinski definition) is 0. The molecule has 0 aliphatic rings. The topological polar surface area (TPSA) is 68.9 Å². The summed E-state index contributed by atoms with van der Waals surface area (Å²) in [5.74, 6) is -0.605. The van der Waals surface area contributed by atoms with Crippen molar-refractivity contribution in [2.75, 3.05) is 0 Å². The predicted octanol–water partition coefficient (Wildman–Crippen LogP) is 2.59. The summed E-state index contributed by atoms with van der Waals surface area (Å²) in [4.78, 5) is 26.1. The Labute approximate surface area is 111 Å². The summed E-state index contributed by atoms with van der Waals surface area (Å²) in [5, 5.41) is 0. The molecule has 0 saturated heterocycles. The highest BCUT2D eigenvalue weighted by molar-refractivity contribution is 6.00. The van der Waals surface area contributed by atoms with Crippen molar-refractivity contribution in [3.63, 3.8) is 0 Å². The lowest BCUT2D eigenvalue weighted by Gasteiger charge is -2.10. The number of amides is 1. The van der Waals surface area contributed by atoms with E-state index in [-0.39, 0.29) is 0 Å². The minimum absolute atomic E-state index is 0.329. The number of furan rings is 1. The van der Waals surface area contributed by atoms with E-state index in [2.05, 4.69) is 18.2 Å². The molecule has 0 fully saturated rings. The van der Waals surface area contributed by atoms with E-state index in [0.29, 0.717) is 16.9 Å². The molecule has 0 spiro atoms. The fourth-order valence-electron chi connectivity index (χ4n) is 1.28. The Morgan fingerprint density at radius 1 is 1.53 bits per heavy atom. The molecule has 0 saturated carbocycles. The fourth-order valence-corrected chi connectivity index (χ4v) is 1.28. The third-order valence-electron chi connectivity index (χ3n) is 2.29. The highest BCUT2D eigenvalue weighted by Gasteiger charge is 2.15. The maximum atomic E-state index is 11.3. The minimum atomic E-state index is -0.533. The van der Waals surface area contributed by atoms with E-state index in [9.17, 15) is 9.59 Å². The van der Waals surface area contributed by atoms with E-state index in [0.717, 1.165) is 6.08 Å². The lowest BCUT2D eigenvalue weighted by atomic mass is 10.1. The number of esters is 1. The van der Waals surface area contributed by atoms with Gasteiger partial charge in [-0.25, -0.2) is 9.79 Å². The van der Waals surface area contributed by atoms with Crippen molar-refractivity contribution in [3.8, 4) is 0 Å². The molecule has 0 radical (unpaired) electrons. The second-order valence-corrected chi connectivity index (χ2v) is 3.87. The largest absolute Gasteiger partial charge is 0.463 e. The molecule has 19 heavy (non-hydrogen) atoms. The van der Waals surface area contributed by atoms with Gasteiger partial charge < -0.3 is 9.15 Å². The van der Waals surface area contributed by atoms with Gasteiger partial charge in [-0.1, -0.05) is 13.2 Å². The van der Waals surface area contributed by atoms with Crippen LogP contribution in [-0.2, 0) is 14.3 Å². The minimum Gasteiger partial charge on any atom is -0.463 e. The van der Waals surface area contributed by atoms with Gasteiger partial charge in [0, 0.05) is 17.2 Å². The Bertz CT molecular complexity index is 539. The van der Waals surface area contributed by atoms with Gasteiger partial charge in [0.15, 0.2) is 5.76 Å². The summed E-state index contributed by atoms with van der Waals surface area (Å²) in [6.07, 6.45) is 3.27. The van der Waals surface area contributed by atoms with Crippen LogP contribution < -0.4 is 0 Å². The molecule has 0 N–H and O–H groups in total.